The highest BCUT2D eigenvalue weighted by atomic mass is 16.5. The molecule has 2 rings (SSSR count). The van der Waals surface area contributed by atoms with E-state index in [0.29, 0.717) is 18.1 Å². The molecule has 0 atom stereocenters. The summed E-state index contributed by atoms with van der Waals surface area (Å²) < 4.78 is 15.8. The van der Waals surface area contributed by atoms with Crippen molar-refractivity contribution in [1.82, 2.24) is 0 Å². The molecule has 0 saturated carbocycles. The zero-order chi connectivity index (χ0) is 16.1. The highest BCUT2D eigenvalue weighted by Crippen LogP contribution is 2.34. The smallest absolute Gasteiger partial charge is 0.193 e. The Bertz CT molecular complexity index is 697. The SMILES string of the molecule is CCOc1cc(OC)cc(O)c1C(=O)C=Cc1ccc(C)o1. The number of benzene rings is 1. The Labute approximate surface area is 128 Å². The van der Waals surface area contributed by atoms with Crippen molar-refractivity contribution in [2.45, 2.75) is 13.8 Å². The van der Waals surface area contributed by atoms with E-state index in [2.05, 4.69) is 0 Å². The fourth-order valence-corrected chi connectivity index (χ4v) is 2.00. The van der Waals surface area contributed by atoms with Crippen molar-refractivity contribution in [3.8, 4) is 17.2 Å². The van der Waals surface area contributed by atoms with Gasteiger partial charge in [-0.2, -0.15) is 0 Å². The normalized spacial score (nSPS) is 10.9. The summed E-state index contributed by atoms with van der Waals surface area (Å²) in [6, 6.07) is 6.51. The fraction of sp³-hybridized carbons (Fsp3) is 0.235. The number of allylic oxidation sites excluding steroid dienone is 1. The highest BCUT2D eigenvalue weighted by Gasteiger charge is 2.17. The van der Waals surface area contributed by atoms with Crippen LogP contribution in [0, 0.1) is 6.92 Å². The molecule has 116 valence electrons. The van der Waals surface area contributed by atoms with Crippen LogP contribution in [0.3, 0.4) is 0 Å². The standard InChI is InChI=1S/C17H18O5/c1-4-21-16-10-13(20-3)9-15(19)17(16)14(18)8-7-12-6-5-11(2)22-12/h5-10,19H,4H2,1-3H3. The van der Waals surface area contributed by atoms with E-state index >= 15 is 0 Å². The predicted octanol–water partition coefficient (Wildman–Crippen LogP) is 3.60. The third-order valence-electron chi connectivity index (χ3n) is 3.00. The molecule has 0 aliphatic rings. The first-order valence-electron chi connectivity index (χ1n) is 6.87. The van der Waals surface area contributed by atoms with Gasteiger partial charge in [-0.3, -0.25) is 4.79 Å². The zero-order valence-electron chi connectivity index (χ0n) is 12.8. The summed E-state index contributed by atoms with van der Waals surface area (Å²) in [5.41, 5.74) is 0.0992. The van der Waals surface area contributed by atoms with E-state index in [1.54, 1.807) is 31.2 Å². The minimum atomic E-state index is -0.377. The number of ether oxygens (including phenoxy) is 2. The number of carbonyl (C=O) groups is 1. The summed E-state index contributed by atoms with van der Waals surface area (Å²) in [7, 11) is 1.48. The molecule has 0 saturated heterocycles. The molecule has 1 aromatic heterocycles. The zero-order valence-corrected chi connectivity index (χ0v) is 12.8. The molecule has 0 aliphatic carbocycles. The summed E-state index contributed by atoms with van der Waals surface area (Å²) in [5.74, 6) is 1.46. The van der Waals surface area contributed by atoms with E-state index in [1.165, 1.54) is 19.3 Å². The van der Waals surface area contributed by atoms with Crippen LogP contribution in [0.4, 0.5) is 0 Å². The van der Waals surface area contributed by atoms with E-state index in [4.69, 9.17) is 13.9 Å². The van der Waals surface area contributed by atoms with Crippen molar-refractivity contribution in [2.24, 2.45) is 0 Å². The maximum atomic E-state index is 12.3. The average Bonchev–Trinajstić information content (AvgIpc) is 2.90. The molecule has 5 nitrogen and oxygen atoms in total. The topological polar surface area (TPSA) is 68.9 Å². The first-order chi connectivity index (χ1) is 10.5. The minimum Gasteiger partial charge on any atom is -0.507 e. The Kier molecular flexibility index (Phi) is 4.88. The lowest BCUT2D eigenvalue weighted by molar-refractivity contribution is 0.104. The minimum absolute atomic E-state index is 0.0992. The molecule has 0 aliphatic heterocycles. The molecule has 0 fully saturated rings. The van der Waals surface area contributed by atoms with Crippen LogP contribution < -0.4 is 9.47 Å². The molecule has 2 aromatic rings. The van der Waals surface area contributed by atoms with Crippen LogP contribution in [-0.2, 0) is 0 Å². The lowest BCUT2D eigenvalue weighted by atomic mass is 10.1. The van der Waals surface area contributed by atoms with E-state index in [1.807, 2.05) is 6.92 Å². The molecule has 0 radical (unpaired) electrons. The molecule has 1 heterocycles. The Morgan fingerprint density at radius 3 is 2.73 bits per heavy atom. The van der Waals surface area contributed by atoms with Crippen molar-refractivity contribution in [2.75, 3.05) is 13.7 Å². The van der Waals surface area contributed by atoms with Crippen molar-refractivity contribution in [3.05, 3.63) is 47.4 Å². The van der Waals surface area contributed by atoms with Gasteiger partial charge in [0.1, 0.15) is 34.3 Å². The molecule has 0 spiro atoms. The number of methoxy groups -OCH3 is 1. The number of rotatable bonds is 6. The van der Waals surface area contributed by atoms with Crippen molar-refractivity contribution < 1.29 is 23.8 Å². The van der Waals surface area contributed by atoms with Crippen LogP contribution in [0.1, 0.15) is 28.8 Å². The second kappa shape index (κ2) is 6.85. The number of aromatic hydroxyl groups is 1. The second-order valence-corrected chi connectivity index (χ2v) is 4.60. The number of aryl methyl sites for hydroxylation is 1. The van der Waals surface area contributed by atoms with Gasteiger partial charge in [0.05, 0.1) is 13.7 Å². The van der Waals surface area contributed by atoms with E-state index in [0.717, 1.165) is 5.76 Å². The van der Waals surface area contributed by atoms with Crippen LogP contribution in [0.5, 0.6) is 17.2 Å². The number of hydrogen-bond acceptors (Lipinski definition) is 5. The molecule has 0 unspecified atom stereocenters. The number of hydrogen-bond donors (Lipinski definition) is 1. The van der Waals surface area contributed by atoms with Crippen molar-refractivity contribution in [1.29, 1.82) is 0 Å². The van der Waals surface area contributed by atoms with Crippen LogP contribution >= 0.6 is 0 Å². The Balaban J connectivity index is 2.33. The molecular formula is C17H18O5. The highest BCUT2D eigenvalue weighted by molar-refractivity contribution is 6.10. The van der Waals surface area contributed by atoms with E-state index in [9.17, 15) is 9.90 Å². The molecule has 0 bridgehead atoms. The largest absolute Gasteiger partial charge is 0.507 e. The van der Waals surface area contributed by atoms with Gasteiger partial charge >= 0.3 is 0 Å². The Morgan fingerprint density at radius 1 is 1.36 bits per heavy atom. The van der Waals surface area contributed by atoms with Gasteiger partial charge in [-0.15, -0.1) is 0 Å². The van der Waals surface area contributed by atoms with Gasteiger partial charge in [0.25, 0.3) is 0 Å². The summed E-state index contributed by atoms with van der Waals surface area (Å²) >= 11 is 0. The predicted molar refractivity (Wildman–Crippen MR) is 82.6 cm³/mol. The van der Waals surface area contributed by atoms with Gasteiger partial charge < -0.3 is 19.0 Å². The first kappa shape index (κ1) is 15.7. The summed E-state index contributed by atoms with van der Waals surface area (Å²) in [6.45, 7) is 3.99. The van der Waals surface area contributed by atoms with E-state index in [-0.39, 0.29) is 22.8 Å². The third kappa shape index (κ3) is 3.49. The molecule has 1 N–H and O–H groups in total. The van der Waals surface area contributed by atoms with Crippen molar-refractivity contribution in [3.63, 3.8) is 0 Å². The number of furan rings is 1. The molecule has 1 aromatic carbocycles. The van der Waals surface area contributed by atoms with Gasteiger partial charge in [-0.25, -0.2) is 0 Å². The van der Waals surface area contributed by atoms with Gasteiger partial charge in [0, 0.05) is 12.1 Å². The van der Waals surface area contributed by atoms with Gasteiger partial charge in [0.2, 0.25) is 0 Å². The van der Waals surface area contributed by atoms with Crippen LogP contribution in [0.25, 0.3) is 6.08 Å². The number of ketones is 1. The quantitative estimate of drug-likeness (QED) is 0.652. The van der Waals surface area contributed by atoms with Crippen LogP contribution in [0.15, 0.2) is 34.8 Å². The number of phenolic OH excluding ortho intramolecular Hbond substituents is 1. The second-order valence-electron chi connectivity index (χ2n) is 4.60. The van der Waals surface area contributed by atoms with E-state index < -0.39 is 0 Å². The average molecular weight is 302 g/mol. The van der Waals surface area contributed by atoms with Crippen LogP contribution in [-0.4, -0.2) is 24.6 Å². The van der Waals surface area contributed by atoms with Gasteiger partial charge in [-0.05, 0) is 38.1 Å². The van der Waals surface area contributed by atoms with Crippen molar-refractivity contribution >= 4 is 11.9 Å². The maximum Gasteiger partial charge on any atom is 0.193 e. The summed E-state index contributed by atoms with van der Waals surface area (Å²) in [4.78, 5) is 12.3. The Morgan fingerprint density at radius 2 is 2.14 bits per heavy atom. The molecule has 5 heteroatoms. The lowest BCUT2D eigenvalue weighted by Crippen LogP contribution is -2.03. The summed E-state index contributed by atoms with van der Waals surface area (Å²) in [6.07, 6.45) is 2.89. The van der Waals surface area contributed by atoms with Gasteiger partial charge in [0.15, 0.2) is 5.78 Å². The van der Waals surface area contributed by atoms with Gasteiger partial charge in [-0.1, -0.05) is 0 Å². The monoisotopic (exact) mass is 302 g/mol. The molecule has 0 amide bonds. The number of carbonyl (C=O) groups excluding carboxylic acids is 1. The molecule has 22 heavy (non-hydrogen) atoms. The molecular weight excluding hydrogens is 284 g/mol. The number of phenols is 1. The maximum absolute atomic E-state index is 12.3. The van der Waals surface area contributed by atoms with Crippen LogP contribution in [0.2, 0.25) is 0 Å². The summed E-state index contributed by atoms with van der Waals surface area (Å²) in [5, 5.41) is 10.1. The Hall–Kier alpha value is -2.69. The third-order valence-corrected chi connectivity index (χ3v) is 3.00. The first-order valence-corrected chi connectivity index (χ1v) is 6.87. The fourth-order valence-electron chi connectivity index (χ4n) is 2.00. The lowest BCUT2D eigenvalue weighted by Gasteiger charge is -2.11.